The molecule has 1 aromatic rings. The van der Waals surface area contributed by atoms with Crippen LogP contribution in [0, 0.1) is 0 Å². The third-order valence-electron chi connectivity index (χ3n) is 3.26. The molecule has 21 heavy (non-hydrogen) atoms. The van der Waals surface area contributed by atoms with Crippen molar-refractivity contribution in [1.82, 2.24) is 14.8 Å². The molecule has 0 spiro atoms. The van der Waals surface area contributed by atoms with E-state index in [4.69, 9.17) is 9.84 Å². The summed E-state index contributed by atoms with van der Waals surface area (Å²) in [4.78, 5) is 30.5. The van der Waals surface area contributed by atoms with Gasteiger partial charge < -0.3 is 19.6 Å². The van der Waals surface area contributed by atoms with Gasteiger partial charge in [-0.2, -0.15) is 0 Å². The Bertz CT molecular complexity index is 494. The molecule has 1 atom stereocenters. The first-order chi connectivity index (χ1) is 10.1. The lowest BCUT2D eigenvalue weighted by atomic mass is 10.2. The number of hydrogen-bond acceptors (Lipinski definition) is 4. The molecule has 7 heteroatoms. The molecule has 1 N–H and O–H groups in total. The number of rotatable bonds is 4. The Hall–Kier alpha value is -2.15. The lowest BCUT2D eigenvalue weighted by molar-refractivity contribution is -0.141. The van der Waals surface area contributed by atoms with Crippen LogP contribution in [0.5, 0.6) is 0 Å². The number of aliphatic carboxylic acids is 1. The summed E-state index contributed by atoms with van der Waals surface area (Å²) in [5.74, 6) is -0.920. The highest BCUT2D eigenvalue weighted by Crippen LogP contribution is 2.11. The molecule has 0 bridgehead atoms. The van der Waals surface area contributed by atoms with Gasteiger partial charge in [0.2, 0.25) is 0 Å². The monoisotopic (exact) mass is 293 g/mol. The number of nitrogens with zero attached hydrogens (tertiary/aromatic N) is 3. The molecular formula is C14H19N3O4. The zero-order chi connectivity index (χ0) is 15.2. The topological polar surface area (TPSA) is 83.0 Å². The zero-order valence-corrected chi connectivity index (χ0v) is 11.9. The van der Waals surface area contributed by atoms with Gasteiger partial charge in [0.25, 0.3) is 0 Å². The molecule has 0 aromatic carbocycles. The van der Waals surface area contributed by atoms with Crippen LogP contribution in [0.3, 0.4) is 0 Å². The SMILES string of the molecule is CN(Cc1ccccn1)C(=O)N1CCOC(CC(=O)O)C1. The second-order valence-corrected chi connectivity index (χ2v) is 5.00. The first-order valence-electron chi connectivity index (χ1n) is 6.79. The highest BCUT2D eigenvalue weighted by atomic mass is 16.5. The van der Waals surface area contributed by atoms with Crippen LogP contribution in [0.25, 0.3) is 0 Å². The summed E-state index contributed by atoms with van der Waals surface area (Å²) in [6.45, 7) is 1.56. The van der Waals surface area contributed by atoms with Crippen LogP contribution in [0.1, 0.15) is 12.1 Å². The number of carbonyl (C=O) groups excluding carboxylic acids is 1. The molecule has 1 saturated heterocycles. The number of urea groups is 1. The lowest BCUT2D eigenvalue weighted by Gasteiger charge is -2.34. The molecule has 1 aromatic heterocycles. The van der Waals surface area contributed by atoms with Crippen molar-refractivity contribution >= 4 is 12.0 Å². The maximum atomic E-state index is 12.4. The Morgan fingerprint density at radius 3 is 3.00 bits per heavy atom. The summed E-state index contributed by atoms with van der Waals surface area (Å²) in [5.41, 5.74) is 0.809. The normalized spacial score (nSPS) is 18.3. The van der Waals surface area contributed by atoms with Gasteiger partial charge in [0, 0.05) is 26.3 Å². The van der Waals surface area contributed by atoms with Crippen LogP contribution < -0.4 is 0 Å². The molecule has 0 aliphatic carbocycles. The number of carboxylic acids is 1. The number of pyridine rings is 1. The molecule has 2 amide bonds. The van der Waals surface area contributed by atoms with Crippen molar-refractivity contribution < 1.29 is 19.4 Å². The first-order valence-corrected chi connectivity index (χ1v) is 6.79. The summed E-state index contributed by atoms with van der Waals surface area (Å²) in [7, 11) is 1.71. The van der Waals surface area contributed by atoms with Gasteiger partial charge in [-0.3, -0.25) is 9.78 Å². The molecule has 1 aliphatic heterocycles. The lowest BCUT2D eigenvalue weighted by Crippen LogP contribution is -2.50. The number of aromatic nitrogens is 1. The van der Waals surface area contributed by atoms with Crippen LogP contribution >= 0.6 is 0 Å². The van der Waals surface area contributed by atoms with Crippen LogP contribution in [0.2, 0.25) is 0 Å². The molecule has 2 heterocycles. The minimum Gasteiger partial charge on any atom is -0.481 e. The van der Waals surface area contributed by atoms with E-state index in [-0.39, 0.29) is 12.5 Å². The zero-order valence-electron chi connectivity index (χ0n) is 11.9. The maximum Gasteiger partial charge on any atom is 0.320 e. The number of morpholine rings is 1. The molecular weight excluding hydrogens is 274 g/mol. The van der Waals surface area contributed by atoms with Gasteiger partial charge in [-0.15, -0.1) is 0 Å². The second-order valence-electron chi connectivity index (χ2n) is 5.00. The van der Waals surface area contributed by atoms with E-state index < -0.39 is 12.1 Å². The maximum absolute atomic E-state index is 12.4. The Labute approximate surface area is 123 Å². The van der Waals surface area contributed by atoms with Gasteiger partial charge in [0.15, 0.2) is 0 Å². The number of hydrogen-bond donors (Lipinski definition) is 1. The largest absolute Gasteiger partial charge is 0.481 e. The summed E-state index contributed by atoms with van der Waals surface area (Å²) < 4.78 is 5.36. The van der Waals surface area contributed by atoms with Crippen molar-refractivity contribution in [2.24, 2.45) is 0 Å². The standard InChI is InChI=1S/C14H19N3O4/c1-16(9-11-4-2-3-5-15-11)14(20)17-6-7-21-12(10-17)8-13(18)19/h2-5,12H,6-10H2,1H3,(H,18,19). The number of amides is 2. The third-order valence-corrected chi connectivity index (χ3v) is 3.26. The molecule has 0 saturated carbocycles. The Balaban J connectivity index is 1.91. The predicted molar refractivity (Wildman–Crippen MR) is 74.7 cm³/mol. The molecule has 1 unspecified atom stereocenters. The van der Waals surface area contributed by atoms with E-state index in [2.05, 4.69) is 4.98 Å². The highest BCUT2D eigenvalue weighted by Gasteiger charge is 2.27. The van der Waals surface area contributed by atoms with Crippen molar-refractivity contribution in [2.75, 3.05) is 26.7 Å². The average Bonchev–Trinajstić information content (AvgIpc) is 2.47. The van der Waals surface area contributed by atoms with Crippen LogP contribution in [-0.4, -0.2) is 64.7 Å². The quantitative estimate of drug-likeness (QED) is 0.888. The molecule has 2 rings (SSSR count). The van der Waals surface area contributed by atoms with E-state index in [0.29, 0.717) is 26.2 Å². The summed E-state index contributed by atoms with van der Waals surface area (Å²) in [6.07, 6.45) is 1.15. The van der Waals surface area contributed by atoms with Crippen LogP contribution in [0.15, 0.2) is 24.4 Å². The van der Waals surface area contributed by atoms with Gasteiger partial charge in [-0.25, -0.2) is 4.79 Å². The second kappa shape index (κ2) is 7.03. The van der Waals surface area contributed by atoms with E-state index in [1.165, 1.54) is 0 Å². The van der Waals surface area contributed by atoms with E-state index in [1.807, 2.05) is 18.2 Å². The van der Waals surface area contributed by atoms with Gasteiger partial charge in [-0.05, 0) is 12.1 Å². The van der Waals surface area contributed by atoms with Gasteiger partial charge in [0.05, 0.1) is 31.4 Å². The molecule has 7 nitrogen and oxygen atoms in total. The number of ether oxygens (including phenoxy) is 1. The molecule has 1 fully saturated rings. The minimum absolute atomic E-state index is 0.0895. The van der Waals surface area contributed by atoms with Crippen molar-refractivity contribution in [2.45, 2.75) is 19.1 Å². The average molecular weight is 293 g/mol. The van der Waals surface area contributed by atoms with Crippen molar-refractivity contribution in [3.8, 4) is 0 Å². The van der Waals surface area contributed by atoms with E-state index in [9.17, 15) is 9.59 Å². The van der Waals surface area contributed by atoms with Crippen LogP contribution in [0.4, 0.5) is 4.79 Å². The Morgan fingerprint density at radius 2 is 2.33 bits per heavy atom. The highest BCUT2D eigenvalue weighted by molar-refractivity contribution is 5.74. The fourth-order valence-electron chi connectivity index (χ4n) is 2.26. The van der Waals surface area contributed by atoms with E-state index in [1.54, 1.807) is 23.0 Å². The smallest absolute Gasteiger partial charge is 0.320 e. The van der Waals surface area contributed by atoms with E-state index >= 15 is 0 Å². The minimum atomic E-state index is -0.920. The summed E-state index contributed by atoms with van der Waals surface area (Å²) >= 11 is 0. The Kier molecular flexibility index (Phi) is 5.10. The van der Waals surface area contributed by atoms with Crippen LogP contribution in [-0.2, 0) is 16.1 Å². The molecule has 0 radical (unpaired) electrons. The first kappa shape index (κ1) is 15.2. The number of carboxylic acid groups (broad SMARTS) is 1. The fourth-order valence-corrected chi connectivity index (χ4v) is 2.26. The van der Waals surface area contributed by atoms with Gasteiger partial charge in [0.1, 0.15) is 0 Å². The third kappa shape index (κ3) is 4.42. The van der Waals surface area contributed by atoms with Gasteiger partial charge >= 0.3 is 12.0 Å². The van der Waals surface area contributed by atoms with Crippen molar-refractivity contribution in [1.29, 1.82) is 0 Å². The fraction of sp³-hybridized carbons (Fsp3) is 0.500. The van der Waals surface area contributed by atoms with E-state index in [0.717, 1.165) is 5.69 Å². The Morgan fingerprint density at radius 1 is 1.52 bits per heavy atom. The van der Waals surface area contributed by atoms with Crippen molar-refractivity contribution in [3.05, 3.63) is 30.1 Å². The number of carbonyl (C=O) groups is 2. The summed E-state index contributed by atoms with van der Waals surface area (Å²) in [6, 6.07) is 5.41. The molecule has 1 aliphatic rings. The summed E-state index contributed by atoms with van der Waals surface area (Å²) in [5, 5.41) is 8.79. The molecule has 114 valence electrons. The van der Waals surface area contributed by atoms with Crippen molar-refractivity contribution in [3.63, 3.8) is 0 Å². The predicted octanol–water partition coefficient (Wildman–Crippen LogP) is 0.809. The van der Waals surface area contributed by atoms with Gasteiger partial charge in [-0.1, -0.05) is 6.07 Å².